The lowest BCUT2D eigenvalue weighted by Crippen LogP contribution is -2.45. The van der Waals surface area contributed by atoms with Crippen LogP contribution in [0.5, 0.6) is 0 Å². The Kier molecular flexibility index (Phi) is 2.11. The summed E-state index contributed by atoms with van der Waals surface area (Å²) in [5.74, 6) is 0.0605. The Morgan fingerprint density at radius 3 is 2.79 bits per heavy atom. The van der Waals surface area contributed by atoms with Crippen molar-refractivity contribution in [2.75, 3.05) is 18.3 Å². The molecule has 5 heteroatoms. The molecule has 3 N–H and O–H groups in total. The van der Waals surface area contributed by atoms with Gasteiger partial charge in [0, 0.05) is 5.56 Å². The molecule has 0 atom stereocenters. The Labute approximate surface area is 81.3 Å². The van der Waals surface area contributed by atoms with Crippen LogP contribution in [-0.4, -0.2) is 34.6 Å². The molecule has 1 aliphatic heterocycles. The summed E-state index contributed by atoms with van der Waals surface area (Å²) in [5.41, 5.74) is 1.39. The molecule has 0 saturated carbocycles. The number of nitrogens with zero attached hydrogens (tertiary/aromatic N) is 2. The number of hydrogen-bond acceptors (Lipinski definition) is 4. The third-order valence-electron chi connectivity index (χ3n) is 2.23. The number of fused-ring (bicyclic) bond motifs is 1. The van der Waals surface area contributed by atoms with E-state index in [4.69, 9.17) is 10.5 Å². The van der Waals surface area contributed by atoms with Crippen molar-refractivity contribution >= 4 is 11.5 Å². The molecule has 0 saturated heterocycles. The minimum atomic E-state index is -0.179. The third-order valence-corrected chi connectivity index (χ3v) is 2.23. The second-order valence-electron chi connectivity index (χ2n) is 3.09. The van der Waals surface area contributed by atoms with Gasteiger partial charge in [-0.05, 0) is 12.1 Å². The first-order valence-electron chi connectivity index (χ1n) is 4.24. The van der Waals surface area contributed by atoms with Crippen LogP contribution in [0.15, 0.2) is 24.3 Å². The highest BCUT2D eigenvalue weighted by molar-refractivity contribution is 6.02. The summed E-state index contributed by atoms with van der Waals surface area (Å²) in [7, 11) is 0. The second kappa shape index (κ2) is 3.28. The lowest BCUT2D eigenvalue weighted by molar-refractivity contribution is -0.0202. The normalized spacial score (nSPS) is 15.7. The van der Waals surface area contributed by atoms with Gasteiger partial charge in [0.15, 0.2) is 5.84 Å². The van der Waals surface area contributed by atoms with E-state index < -0.39 is 0 Å². The zero-order valence-corrected chi connectivity index (χ0v) is 7.51. The molecule has 0 amide bonds. The number of para-hydroxylation sites is 1. The van der Waals surface area contributed by atoms with Crippen molar-refractivity contribution in [1.82, 2.24) is 5.06 Å². The number of amidine groups is 1. The molecule has 0 bridgehead atoms. The number of anilines is 1. The van der Waals surface area contributed by atoms with E-state index in [1.54, 1.807) is 17.0 Å². The highest BCUT2D eigenvalue weighted by Gasteiger charge is 2.24. The number of nitrogens with one attached hydrogen (secondary N) is 1. The lowest BCUT2D eigenvalue weighted by atomic mass is 10.1. The minimum absolute atomic E-state index is 0.0605. The van der Waals surface area contributed by atoms with Gasteiger partial charge in [0.2, 0.25) is 0 Å². The minimum Gasteiger partial charge on any atom is -0.376 e. The third kappa shape index (κ3) is 1.23. The van der Waals surface area contributed by atoms with Crippen molar-refractivity contribution in [3.63, 3.8) is 0 Å². The summed E-state index contributed by atoms with van der Waals surface area (Å²) in [6, 6.07) is 7.18. The molecule has 2 rings (SSSR count). The molecule has 0 radical (unpaired) electrons. The van der Waals surface area contributed by atoms with Crippen molar-refractivity contribution in [1.29, 1.82) is 5.41 Å². The van der Waals surface area contributed by atoms with E-state index in [0.29, 0.717) is 5.56 Å². The molecular weight excluding hydrogens is 182 g/mol. The van der Waals surface area contributed by atoms with Crippen LogP contribution >= 0.6 is 0 Å². The van der Waals surface area contributed by atoms with Crippen LogP contribution in [0.1, 0.15) is 5.56 Å². The summed E-state index contributed by atoms with van der Waals surface area (Å²) in [5, 5.41) is 26.9. The van der Waals surface area contributed by atoms with Crippen LogP contribution in [0.25, 0.3) is 0 Å². The van der Waals surface area contributed by atoms with Gasteiger partial charge >= 0.3 is 0 Å². The fraction of sp³-hybridized carbons (Fsp3) is 0.222. The molecular formula is C9H11N3O2. The van der Waals surface area contributed by atoms with Gasteiger partial charge in [-0.3, -0.25) is 10.6 Å². The fourth-order valence-corrected chi connectivity index (χ4v) is 1.52. The summed E-state index contributed by atoms with van der Waals surface area (Å²) < 4.78 is 0. The van der Waals surface area contributed by atoms with E-state index in [1.807, 2.05) is 12.1 Å². The Balaban J connectivity index is 2.49. The van der Waals surface area contributed by atoms with Crippen LogP contribution in [0.2, 0.25) is 0 Å². The first-order valence-corrected chi connectivity index (χ1v) is 4.24. The Morgan fingerprint density at radius 1 is 1.36 bits per heavy atom. The van der Waals surface area contributed by atoms with Crippen LogP contribution in [0.4, 0.5) is 5.69 Å². The van der Waals surface area contributed by atoms with Gasteiger partial charge in [0.1, 0.15) is 13.4 Å². The Morgan fingerprint density at radius 2 is 2.07 bits per heavy atom. The molecule has 1 aromatic rings. The quantitative estimate of drug-likeness (QED) is 0.605. The van der Waals surface area contributed by atoms with Gasteiger partial charge in [-0.25, -0.2) is 5.06 Å². The Hall–Kier alpha value is -1.59. The van der Waals surface area contributed by atoms with Gasteiger partial charge in [0.05, 0.1) is 5.69 Å². The highest BCUT2D eigenvalue weighted by atomic mass is 16.5. The molecule has 74 valence electrons. The molecule has 0 unspecified atom stereocenters. The fourth-order valence-electron chi connectivity index (χ4n) is 1.52. The number of rotatable bonds is 1. The Bertz CT molecular complexity index is 367. The van der Waals surface area contributed by atoms with Crippen LogP contribution < -0.4 is 4.90 Å². The zero-order chi connectivity index (χ0) is 10.1. The molecule has 1 aromatic carbocycles. The van der Waals surface area contributed by atoms with Crippen molar-refractivity contribution in [2.24, 2.45) is 0 Å². The van der Waals surface area contributed by atoms with Crippen LogP contribution in [0, 0.1) is 5.41 Å². The van der Waals surface area contributed by atoms with Crippen LogP contribution in [-0.2, 0) is 0 Å². The van der Waals surface area contributed by atoms with Gasteiger partial charge in [-0.1, -0.05) is 12.1 Å². The van der Waals surface area contributed by atoms with E-state index in [0.717, 1.165) is 10.8 Å². The maximum Gasteiger partial charge on any atom is 0.156 e. The molecule has 0 aromatic heterocycles. The maximum atomic E-state index is 9.38. The average Bonchev–Trinajstić information content (AvgIpc) is 2.23. The smallest absolute Gasteiger partial charge is 0.156 e. The molecule has 0 spiro atoms. The second-order valence-corrected chi connectivity index (χ2v) is 3.09. The first kappa shape index (κ1) is 8.98. The van der Waals surface area contributed by atoms with E-state index in [-0.39, 0.29) is 19.2 Å². The van der Waals surface area contributed by atoms with Crippen molar-refractivity contribution < 1.29 is 10.3 Å². The van der Waals surface area contributed by atoms with Gasteiger partial charge in [0.25, 0.3) is 0 Å². The van der Waals surface area contributed by atoms with Gasteiger partial charge in [-0.2, -0.15) is 0 Å². The van der Waals surface area contributed by atoms with E-state index in [1.165, 1.54) is 0 Å². The van der Waals surface area contributed by atoms with Crippen molar-refractivity contribution in [3.05, 3.63) is 29.8 Å². The number of hydrogen-bond donors (Lipinski definition) is 3. The standard InChI is InChI=1S/C9H11N3O2/c10-9-7-3-1-2-4-8(7)11(6-13)5-12(9)14/h1-4,10,13-14H,5-6H2. The largest absolute Gasteiger partial charge is 0.376 e. The summed E-state index contributed by atoms with van der Waals surface area (Å²) in [6.07, 6.45) is 0. The zero-order valence-electron chi connectivity index (χ0n) is 7.51. The lowest BCUT2D eigenvalue weighted by Gasteiger charge is -2.34. The molecule has 0 fully saturated rings. The molecule has 1 aliphatic rings. The van der Waals surface area contributed by atoms with Crippen molar-refractivity contribution in [3.8, 4) is 0 Å². The molecule has 0 aliphatic carbocycles. The van der Waals surface area contributed by atoms with Crippen LogP contribution in [0.3, 0.4) is 0 Å². The number of hydroxylamine groups is 2. The number of aliphatic hydroxyl groups is 1. The summed E-state index contributed by atoms with van der Waals surface area (Å²) in [4.78, 5) is 1.58. The molecule has 5 nitrogen and oxygen atoms in total. The number of aliphatic hydroxyl groups excluding tert-OH is 1. The van der Waals surface area contributed by atoms with E-state index >= 15 is 0 Å². The SMILES string of the molecule is N=C1c2ccccc2N(CO)CN1O. The maximum absolute atomic E-state index is 9.38. The summed E-state index contributed by atoms with van der Waals surface area (Å²) in [6.45, 7) is -0.0618. The number of benzene rings is 1. The average molecular weight is 193 g/mol. The summed E-state index contributed by atoms with van der Waals surface area (Å²) >= 11 is 0. The highest BCUT2D eigenvalue weighted by Crippen LogP contribution is 2.25. The first-order chi connectivity index (χ1) is 6.74. The van der Waals surface area contributed by atoms with E-state index in [2.05, 4.69) is 0 Å². The van der Waals surface area contributed by atoms with Crippen molar-refractivity contribution in [2.45, 2.75) is 0 Å². The topological polar surface area (TPSA) is 70.8 Å². The van der Waals surface area contributed by atoms with Gasteiger partial charge < -0.3 is 10.0 Å². The monoisotopic (exact) mass is 193 g/mol. The predicted octanol–water partition coefficient (Wildman–Crippen LogP) is 0.430. The predicted molar refractivity (Wildman–Crippen MR) is 51.3 cm³/mol. The van der Waals surface area contributed by atoms with E-state index in [9.17, 15) is 5.21 Å². The molecule has 14 heavy (non-hydrogen) atoms. The van der Waals surface area contributed by atoms with Gasteiger partial charge in [-0.15, -0.1) is 0 Å². The molecule has 1 heterocycles.